The lowest BCUT2D eigenvalue weighted by atomic mass is 10.2. The Morgan fingerprint density at radius 3 is 2.28 bits per heavy atom. The summed E-state index contributed by atoms with van der Waals surface area (Å²) in [4.78, 5) is 16.9. The minimum atomic E-state index is -3.86. The lowest BCUT2D eigenvalue weighted by Crippen LogP contribution is -2.14. The number of hydrogen-bond acceptors (Lipinski definition) is 5. The molecule has 32 heavy (non-hydrogen) atoms. The Kier molecular flexibility index (Phi) is 5.74. The van der Waals surface area contributed by atoms with Gasteiger partial charge >= 0.3 is 0 Å². The Hall–Kier alpha value is -3.98. The van der Waals surface area contributed by atoms with E-state index in [0.29, 0.717) is 22.6 Å². The van der Waals surface area contributed by atoms with Gasteiger partial charge in [0.25, 0.3) is 15.9 Å². The standard InChI is InChI=1S/C23H18FN3O4S/c1-31-19-9-13-21-15(14-19)2-12-22(26-21)23(28)25-17-5-7-18(8-6-17)27-32(29,30)20-10-3-16(24)4-11-20/h2-14,27H,1H3,(H,25,28). The number of sulfonamides is 1. The predicted molar refractivity (Wildman–Crippen MR) is 120 cm³/mol. The van der Waals surface area contributed by atoms with Crippen molar-refractivity contribution in [2.24, 2.45) is 0 Å². The molecule has 9 heteroatoms. The van der Waals surface area contributed by atoms with Crippen molar-refractivity contribution in [1.29, 1.82) is 0 Å². The van der Waals surface area contributed by atoms with Gasteiger partial charge in [-0.1, -0.05) is 6.07 Å². The van der Waals surface area contributed by atoms with Crippen molar-refractivity contribution >= 4 is 38.2 Å². The topological polar surface area (TPSA) is 97.4 Å². The molecule has 0 aliphatic heterocycles. The summed E-state index contributed by atoms with van der Waals surface area (Å²) < 4.78 is 45.4. The summed E-state index contributed by atoms with van der Waals surface area (Å²) in [6.45, 7) is 0. The molecule has 0 saturated carbocycles. The third kappa shape index (κ3) is 4.68. The predicted octanol–water partition coefficient (Wildman–Crippen LogP) is 4.44. The van der Waals surface area contributed by atoms with Crippen LogP contribution < -0.4 is 14.8 Å². The molecule has 1 heterocycles. The van der Waals surface area contributed by atoms with E-state index in [4.69, 9.17) is 4.74 Å². The van der Waals surface area contributed by atoms with Crippen LogP contribution in [0.25, 0.3) is 10.9 Å². The molecule has 2 N–H and O–H groups in total. The number of carbonyl (C=O) groups is 1. The van der Waals surface area contributed by atoms with Gasteiger partial charge in [-0.2, -0.15) is 0 Å². The molecule has 0 fully saturated rings. The average molecular weight is 451 g/mol. The van der Waals surface area contributed by atoms with E-state index in [9.17, 15) is 17.6 Å². The summed E-state index contributed by atoms with van der Waals surface area (Å²) in [6, 6.07) is 19.4. The van der Waals surface area contributed by atoms with Gasteiger partial charge < -0.3 is 10.1 Å². The van der Waals surface area contributed by atoms with Crippen LogP contribution >= 0.6 is 0 Å². The van der Waals surface area contributed by atoms with Crippen LogP contribution in [-0.4, -0.2) is 26.4 Å². The highest BCUT2D eigenvalue weighted by molar-refractivity contribution is 7.92. The van der Waals surface area contributed by atoms with Crippen LogP contribution in [0.4, 0.5) is 15.8 Å². The summed E-state index contributed by atoms with van der Waals surface area (Å²) in [5, 5.41) is 3.57. The molecule has 0 bridgehead atoms. The van der Waals surface area contributed by atoms with Gasteiger partial charge in [0.15, 0.2) is 0 Å². The SMILES string of the molecule is COc1ccc2nc(C(=O)Nc3ccc(NS(=O)(=O)c4ccc(F)cc4)cc3)ccc2c1. The fourth-order valence-corrected chi connectivity index (χ4v) is 4.06. The normalized spacial score (nSPS) is 11.2. The minimum Gasteiger partial charge on any atom is -0.497 e. The number of carbonyl (C=O) groups excluding carboxylic acids is 1. The van der Waals surface area contributed by atoms with E-state index in [1.165, 1.54) is 24.3 Å². The lowest BCUT2D eigenvalue weighted by molar-refractivity contribution is 0.102. The largest absolute Gasteiger partial charge is 0.497 e. The summed E-state index contributed by atoms with van der Waals surface area (Å²) in [7, 11) is -2.28. The van der Waals surface area contributed by atoms with Gasteiger partial charge in [-0.25, -0.2) is 17.8 Å². The molecule has 0 aliphatic rings. The Morgan fingerprint density at radius 2 is 1.59 bits per heavy atom. The zero-order valence-corrected chi connectivity index (χ0v) is 17.7. The van der Waals surface area contributed by atoms with Crippen molar-refractivity contribution in [2.75, 3.05) is 17.1 Å². The fourth-order valence-electron chi connectivity index (χ4n) is 3.00. The summed E-state index contributed by atoms with van der Waals surface area (Å²) in [6.07, 6.45) is 0. The maximum Gasteiger partial charge on any atom is 0.274 e. The maximum absolute atomic E-state index is 13.0. The van der Waals surface area contributed by atoms with Crippen LogP contribution in [-0.2, 0) is 10.0 Å². The van der Waals surface area contributed by atoms with E-state index in [2.05, 4.69) is 15.0 Å². The highest BCUT2D eigenvalue weighted by Crippen LogP contribution is 2.21. The number of nitrogens with one attached hydrogen (secondary N) is 2. The molecule has 0 atom stereocenters. The van der Waals surface area contributed by atoms with Crippen LogP contribution in [0.15, 0.2) is 83.8 Å². The number of amides is 1. The first-order valence-corrected chi connectivity index (χ1v) is 11.0. The van der Waals surface area contributed by atoms with E-state index in [-0.39, 0.29) is 10.6 Å². The molecule has 0 spiro atoms. The van der Waals surface area contributed by atoms with Crippen LogP contribution in [0.1, 0.15) is 10.5 Å². The molecule has 1 amide bonds. The number of anilines is 2. The van der Waals surface area contributed by atoms with E-state index in [1.807, 2.05) is 6.07 Å². The van der Waals surface area contributed by atoms with Gasteiger partial charge in [0.05, 0.1) is 17.5 Å². The molecule has 4 aromatic rings. The number of rotatable bonds is 6. The van der Waals surface area contributed by atoms with Crippen molar-refractivity contribution in [3.63, 3.8) is 0 Å². The molecule has 0 saturated heterocycles. The van der Waals surface area contributed by atoms with Gasteiger partial charge in [-0.15, -0.1) is 0 Å². The zero-order valence-electron chi connectivity index (χ0n) is 16.9. The Balaban J connectivity index is 1.45. The Bertz CT molecular complexity index is 1390. The van der Waals surface area contributed by atoms with Crippen LogP contribution in [0.3, 0.4) is 0 Å². The number of ether oxygens (including phenoxy) is 1. The van der Waals surface area contributed by atoms with E-state index in [1.54, 1.807) is 43.5 Å². The minimum absolute atomic E-state index is 0.0590. The van der Waals surface area contributed by atoms with E-state index >= 15 is 0 Å². The lowest BCUT2D eigenvalue weighted by Gasteiger charge is -2.10. The highest BCUT2D eigenvalue weighted by atomic mass is 32.2. The Labute approximate surface area is 183 Å². The molecule has 0 radical (unpaired) electrons. The second kappa shape index (κ2) is 8.64. The van der Waals surface area contributed by atoms with Gasteiger partial charge in [-0.3, -0.25) is 9.52 Å². The van der Waals surface area contributed by atoms with Crippen LogP contribution in [0, 0.1) is 5.82 Å². The van der Waals surface area contributed by atoms with Crippen LogP contribution in [0.2, 0.25) is 0 Å². The summed E-state index contributed by atoms with van der Waals surface area (Å²) >= 11 is 0. The van der Waals surface area contributed by atoms with Crippen LogP contribution in [0.5, 0.6) is 5.75 Å². The molecule has 0 unspecified atom stereocenters. The number of halogens is 1. The summed E-state index contributed by atoms with van der Waals surface area (Å²) in [5.41, 5.74) is 1.66. The second-order valence-electron chi connectivity index (χ2n) is 6.85. The van der Waals surface area contributed by atoms with Crippen molar-refractivity contribution < 1.29 is 22.3 Å². The molecule has 3 aromatic carbocycles. The fraction of sp³-hybridized carbons (Fsp3) is 0.0435. The van der Waals surface area contributed by atoms with Crippen molar-refractivity contribution in [2.45, 2.75) is 4.90 Å². The average Bonchev–Trinajstić information content (AvgIpc) is 2.79. The first-order valence-electron chi connectivity index (χ1n) is 9.49. The number of benzene rings is 3. The molecule has 1 aromatic heterocycles. The monoisotopic (exact) mass is 451 g/mol. The van der Waals surface area contributed by atoms with E-state index in [0.717, 1.165) is 17.5 Å². The van der Waals surface area contributed by atoms with E-state index < -0.39 is 21.7 Å². The van der Waals surface area contributed by atoms with Gasteiger partial charge in [0.2, 0.25) is 0 Å². The highest BCUT2D eigenvalue weighted by Gasteiger charge is 2.14. The van der Waals surface area contributed by atoms with Crippen molar-refractivity contribution in [3.8, 4) is 5.75 Å². The third-order valence-corrected chi connectivity index (χ3v) is 6.05. The molecule has 162 valence electrons. The smallest absolute Gasteiger partial charge is 0.274 e. The number of aromatic nitrogens is 1. The van der Waals surface area contributed by atoms with Crippen molar-refractivity contribution in [1.82, 2.24) is 4.98 Å². The molecular weight excluding hydrogens is 433 g/mol. The number of hydrogen-bond donors (Lipinski definition) is 2. The van der Waals surface area contributed by atoms with Crippen molar-refractivity contribution in [3.05, 3.63) is 90.4 Å². The number of methoxy groups -OCH3 is 1. The maximum atomic E-state index is 13.0. The number of nitrogens with zero attached hydrogens (tertiary/aromatic N) is 1. The molecule has 4 rings (SSSR count). The van der Waals surface area contributed by atoms with Gasteiger partial charge in [-0.05, 0) is 72.8 Å². The quantitative estimate of drug-likeness (QED) is 0.452. The number of pyridine rings is 1. The first-order chi connectivity index (χ1) is 15.3. The molecule has 0 aliphatic carbocycles. The number of fused-ring (bicyclic) bond motifs is 1. The molecule has 7 nitrogen and oxygen atoms in total. The third-order valence-electron chi connectivity index (χ3n) is 4.65. The first kappa shape index (κ1) is 21.3. The van der Waals surface area contributed by atoms with Gasteiger partial charge in [0.1, 0.15) is 17.3 Å². The Morgan fingerprint density at radius 1 is 0.906 bits per heavy atom. The molecular formula is C23H18FN3O4S. The zero-order chi connectivity index (χ0) is 22.7. The second-order valence-corrected chi connectivity index (χ2v) is 8.53. The summed E-state index contributed by atoms with van der Waals surface area (Å²) in [5.74, 6) is -0.223. The van der Waals surface area contributed by atoms with Gasteiger partial charge in [0, 0.05) is 16.8 Å².